The largest absolute Gasteiger partial charge is 1.00 e. The first-order chi connectivity index (χ1) is 4.91. The van der Waals surface area contributed by atoms with Gasteiger partial charge in [-0.25, -0.2) is 0 Å². The van der Waals surface area contributed by atoms with Gasteiger partial charge in [0.1, 0.15) is 0 Å². The molecule has 3 heteroatoms. The molecule has 0 aromatic heterocycles. The normalized spacial score (nSPS) is 9.27. The van der Waals surface area contributed by atoms with Crippen LogP contribution in [0.25, 0.3) is 0 Å². The minimum absolute atomic E-state index is 0. The molecule has 0 spiro atoms. The van der Waals surface area contributed by atoms with Gasteiger partial charge in [-0.3, -0.25) is 0 Å². The van der Waals surface area contributed by atoms with Crippen LogP contribution in [0.4, 0.5) is 0 Å². The van der Waals surface area contributed by atoms with Crippen LogP contribution in [-0.2, 0) is 4.74 Å². The molecule has 11 heavy (non-hydrogen) atoms. The van der Waals surface area contributed by atoms with Gasteiger partial charge in [-0.2, -0.15) is 6.42 Å². The second-order valence-electron chi connectivity index (χ2n) is 2.23. The summed E-state index contributed by atoms with van der Waals surface area (Å²) in [6.45, 7) is 3.79. The molecule has 0 saturated carbocycles. The summed E-state index contributed by atoms with van der Waals surface area (Å²) in [4.78, 5) is 0. The molecule has 0 atom stereocenters. The summed E-state index contributed by atoms with van der Waals surface area (Å²) in [7, 11) is 1.74. The van der Waals surface area contributed by atoms with E-state index >= 15 is 0 Å². The van der Waals surface area contributed by atoms with Crippen LogP contribution in [0, 0.1) is 6.92 Å². The van der Waals surface area contributed by atoms with Gasteiger partial charge < -0.3 is 11.7 Å². The fourth-order valence-electron chi connectivity index (χ4n) is 0.700. The Morgan fingerprint density at radius 2 is 2.00 bits per heavy atom. The topological polar surface area (TPSA) is 9.23 Å². The molecule has 0 aromatic rings. The molecule has 0 rings (SSSR count). The van der Waals surface area contributed by atoms with Crippen molar-refractivity contribution in [1.29, 1.82) is 0 Å². The van der Waals surface area contributed by atoms with Gasteiger partial charge in [0.2, 0.25) is 0 Å². The van der Waals surface area contributed by atoms with E-state index in [4.69, 9.17) is 4.74 Å². The van der Waals surface area contributed by atoms with E-state index in [-0.39, 0.29) is 18.9 Å². The van der Waals surface area contributed by atoms with E-state index in [9.17, 15) is 0 Å². The number of hydrogen-bond acceptors (Lipinski definition) is 2. The molecule has 0 aliphatic rings. The van der Waals surface area contributed by atoms with E-state index in [1.807, 2.05) is 11.8 Å². The predicted octanol–water partition coefficient (Wildman–Crippen LogP) is -0.278. The number of thioether (sulfide) groups is 1. The van der Waals surface area contributed by atoms with Gasteiger partial charge >= 0.3 is 18.9 Å². The summed E-state index contributed by atoms with van der Waals surface area (Å²) in [6, 6.07) is 0. The van der Waals surface area contributed by atoms with Crippen molar-refractivity contribution in [3.8, 4) is 0 Å². The van der Waals surface area contributed by atoms with Crippen molar-refractivity contribution >= 4 is 11.8 Å². The van der Waals surface area contributed by atoms with Crippen LogP contribution in [0.2, 0.25) is 0 Å². The smallest absolute Gasteiger partial charge is 0.374 e. The van der Waals surface area contributed by atoms with Crippen molar-refractivity contribution in [2.45, 2.75) is 25.7 Å². The Morgan fingerprint density at radius 1 is 1.27 bits per heavy atom. The molecule has 0 N–H and O–H groups in total. The second kappa shape index (κ2) is 13.5. The van der Waals surface area contributed by atoms with Crippen molar-refractivity contribution in [1.82, 2.24) is 0 Å². The Bertz CT molecular complexity index is 54.1. The number of methoxy groups -OCH3 is 1. The minimum atomic E-state index is 0. The summed E-state index contributed by atoms with van der Waals surface area (Å²) in [5.41, 5.74) is 0. The SMILES string of the molecule is [CH2-]CCCCCSCOC.[Li+]. The number of hydrogen-bond donors (Lipinski definition) is 0. The third-order valence-corrected chi connectivity index (χ3v) is 2.22. The Hall–Kier alpha value is 0.907. The van der Waals surface area contributed by atoms with Crippen LogP contribution in [0.1, 0.15) is 25.7 Å². The molecule has 1 nitrogen and oxygen atoms in total. The Balaban J connectivity index is 0. The summed E-state index contributed by atoms with van der Waals surface area (Å²) >= 11 is 1.86. The molecule has 0 heterocycles. The van der Waals surface area contributed by atoms with Crippen LogP contribution >= 0.6 is 11.8 Å². The molecule has 0 radical (unpaired) electrons. The van der Waals surface area contributed by atoms with Crippen LogP contribution < -0.4 is 18.9 Å². The van der Waals surface area contributed by atoms with E-state index in [2.05, 4.69) is 6.92 Å². The number of rotatable bonds is 7. The van der Waals surface area contributed by atoms with Crippen LogP contribution in [0.3, 0.4) is 0 Å². The first kappa shape index (κ1) is 14.4. The zero-order valence-corrected chi connectivity index (χ0v) is 8.58. The summed E-state index contributed by atoms with van der Waals surface area (Å²) < 4.78 is 4.90. The van der Waals surface area contributed by atoms with Crippen molar-refractivity contribution in [2.24, 2.45) is 0 Å². The van der Waals surface area contributed by atoms with Gasteiger partial charge in [0.15, 0.2) is 0 Å². The third-order valence-electron chi connectivity index (χ3n) is 1.24. The quantitative estimate of drug-likeness (QED) is 0.224. The van der Waals surface area contributed by atoms with Crippen molar-refractivity contribution in [3.63, 3.8) is 0 Å². The predicted molar refractivity (Wildman–Crippen MR) is 48.2 cm³/mol. The molecular weight excluding hydrogens is 151 g/mol. The summed E-state index contributed by atoms with van der Waals surface area (Å²) in [5.74, 6) is 2.07. The first-order valence-electron chi connectivity index (χ1n) is 3.77. The van der Waals surface area contributed by atoms with Crippen LogP contribution in [-0.4, -0.2) is 18.8 Å². The standard InChI is InChI=1S/C8H17OS.Li/c1-3-4-5-6-7-10-8-9-2;/h1,3-8H2,2H3;/q-1;+1. The summed E-state index contributed by atoms with van der Waals surface area (Å²) in [5, 5.41) is 0. The fraction of sp³-hybridized carbons (Fsp3) is 0.875. The minimum Gasteiger partial charge on any atom is -0.374 e. The van der Waals surface area contributed by atoms with Crippen LogP contribution in [0.5, 0.6) is 0 Å². The van der Waals surface area contributed by atoms with Crippen molar-refractivity contribution in [3.05, 3.63) is 6.92 Å². The van der Waals surface area contributed by atoms with Gasteiger partial charge in [0, 0.05) is 7.11 Å². The van der Waals surface area contributed by atoms with E-state index in [1.165, 1.54) is 25.0 Å². The molecule has 0 amide bonds. The maximum absolute atomic E-state index is 4.90. The fourth-order valence-corrected chi connectivity index (χ4v) is 1.39. The number of unbranched alkanes of at least 4 members (excludes halogenated alkanes) is 3. The molecular formula is C8H17LiOS. The monoisotopic (exact) mass is 168 g/mol. The van der Waals surface area contributed by atoms with Gasteiger partial charge in [0.05, 0.1) is 5.94 Å². The van der Waals surface area contributed by atoms with E-state index in [0.717, 1.165) is 12.4 Å². The molecule has 0 aliphatic carbocycles. The zero-order valence-electron chi connectivity index (χ0n) is 7.77. The van der Waals surface area contributed by atoms with Gasteiger partial charge in [-0.1, -0.05) is 12.8 Å². The van der Waals surface area contributed by atoms with E-state index in [1.54, 1.807) is 7.11 Å². The van der Waals surface area contributed by atoms with Gasteiger partial charge in [-0.05, 0) is 12.2 Å². The maximum atomic E-state index is 4.90. The third kappa shape index (κ3) is 13.8. The molecule has 0 fully saturated rings. The average Bonchev–Trinajstić information content (AvgIpc) is 1.97. The summed E-state index contributed by atoms with van der Waals surface area (Å²) in [6.07, 6.45) is 4.98. The number of ether oxygens (including phenoxy) is 1. The maximum Gasteiger partial charge on any atom is 1.00 e. The average molecular weight is 168 g/mol. The Morgan fingerprint density at radius 3 is 2.55 bits per heavy atom. The van der Waals surface area contributed by atoms with Gasteiger partial charge in [-0.15, -0.1) is 11.8 Å². The molecule has 0 bridgehead atoms. The second-order valence-corrected chi connectivity index (χ2v) is 3.28. The zero-order chi connectivity index (χ0) is 7.66. The van der Waals surface area contributed by atoms with Gasteiger partial charge in [0.25, 0.3) is 0 Å². The molecule has 0 aromatic carbocycles. The molecule has 0 saturated heterocycles. The molecule has 62 valence electrons. The van der Waals surface area contributed by atoms with E-state index in [0.29, 0.717) is 0 Å². The Kier molecular flexibility index (Phi) is 17.7. The van der Waals surface area contributed by atoms with E-state index < -0.39 is 0 Å². The molecule has 0 aliphatic heterocycles. The Labute approximate surface area is 86.8 Å². The van der Waals surface area contributed by atoms with Crippen LogP contribution in [0.15, 0.2) is 0 Å². The van der Waals surface area contributed by atoms with Crippen molar-refractivity contribution in [2.75, 3.05) is 18.8 Å². The van der Waals surface area contributed by atoms with Crippen molar-refractivity contribution < 1.29 is 23.6 Å². The molecule has 0 unspecified atom stereocenters. The first-order valence-corrected chi connectivity index (χ1v) is 4.93.